The molecule has 1 fully saturated rings. The van der Waals surface area contributed by atoms with Crippen LogP contribution in [-0.4, -0.2) is 37.4 Å². The Balaban J connectivity index is 2.01. The second-order valence-electron chi connectivity index (χ2n) is 4.59. The van der Waals surface area contributed by atoms with Crippen molar-refractivity contribution in [1.29, 1.82) is 0 Å². The predicted molar refractivity (Wildman–Crippen MR) is 66.8 cm³/mol. The highest BCUT2D eigenvalue weighted by atomic mass is 16.3. The quantitative estimate of drug-likeness (QED) is 0.380. The number of fused-ring (bicyclic) bond motifs is 1. The fraction of sp³-hybridized carbons (Fsp3) is 0.500. The molecule has 0 aromatic carbocycles. The molecule has 1 saturated carbocycles. The predicted octanol–water partition coefficient (Wildman–Crippen LogP) is -0.0346. The number of aliphatic hydroxyl groups excluding tert-OH is 1. The maximum atomic E-state index is 9.48. The summed E-state index contributed by atoms with van der Waals surface area (Å²) in [6.45, 7) is 0.0851. The van der Waals surface area contributed by atoms with Crippen molar-refractivity contribution in [2.75, 3.05) is 17.3 Å². The fourth-order valence-electron chi connectivity index (χ4n) is 2.17. The van der Waals surface area contributed by atoms with E-state index < -0.39 is 0 Å². The van der Waals surface area contributed by atoms with Crippen LogP contribution in [0.2, 0.25) is 0 Å². The van der Waals surface area contributed by atoms with Gasteiger partial charge in [0.05, 0.1) is 23.7 Å². The van der Waals surface area contributed by atoms with Gasteiger partial charge in [-0.15, -0.1) is 0 Å². The van der Waals surface area contributed by atoms with Crippen molar-refractivity contribution in [1.82, 2.24) is 20.2 Å². The molecule has 6 N–H and O–H groups in total. The van der Waals surface area contributed by atoms with E-state index in [0.29, 0.717) is 17.4 Å². The van der Waals surface area contributed by atoms with E-state index in [2.05, 4.69) is 30.9 Å². The van der Waals surface area contributed by atoms with Gasteiger partial charge in [0.1, 0.15) is 5.82 Å². The summed E-state index contributed by atoms with van der Waals surface area (Å²) in [5.41, 5.74) is 2.75. The van der Waals surface area contributed by atoms with E-state index in [1.165, 1.54) is 0 Å². The smallest absolute Gasteiger partial charge is 0.241 e. The molecule has 2 heterocycles. The maximum Gasteiger partial charge on any atom is 0.241 e. The van der Waals surface area contributed by atoms with Crippen LogP contribution in [0.3, 0.4) is 0 Å². The molecule has 96 valence electrons. The zero-order valence-electron chi connectivity index (χ0n) is 9.77. The Morgan fingerprint density at radius 1 is 1.44 bits per heavy atom. The molecule has 1 aliphatic rings. The number of hydrazine groups is 1. The van der Waals surface area contributed by atoms with Gasteiger partial charge in [-0.25, -0.2) is 5.84 Å². The Hall–Kier alpha value is -1.93. The van der Waals surface area contributed by atoms with Gasteiger partial charge in [-0.05, 0) is 19.3 Å². The second-order valence-corrected chi connectivity index (χ2v) is 4.59. The first-order valence-corrected chi connectivity index (χ1v) is 5.83. The van der Waals surface area contributed by atoms with Crippen LogP contribution in [0.5, 0.6) is 0 Å². The average molecular weight is 249 g/mol. The molecule has 0 aliphatic heterocycles. The van der Waals surface area contributed by atoms with Crippen molar-refractivity contribution in [2.24, 2.45) is 5.84 Å². The molecular formula is C10H15N7O. The number of aliphatic hydroxyl groups is 1. The Bertz CT molecular complexity index is 557. The molecule has 0 unspecified atom stereocenters. The lowest BCUT2D eigenvalue weighted by Gasteiger charge is -2.41. The SMILES string of the molecule is NNc1nc(NC2(CO)CCC2)c2cn[nH]c2n1. The fourth-order valence-corrected chi connectivity index (χ4v) is 2.17. The number of hydrogen-bond donors (Lipinski definition) is 5. The lowest BCUT2D eigenvalue weighted by molar-refractivity contribution is 0.144. The maximum absolute atomic E-state index is 9.48. The van der Waals surface area contributed by atoms with Crippen LogP contribution in [0, 0.1) is 0 Å². The number of aromatic amines is 1. The minimum Gasteiger partial charge on any atom is -0.394 e. The molecule has 8 heteroatoms. The minimum atomic E-state index is -0.273. The number of nitrogens with zero attached hydrogens (tertiary/aromatic N) is 3. The molecule has 0 spiro atoms. The van der Waals surface area contributed by atoms with Crippen LogP contribution in [0.15, 0.2) is 6.20 Å². The third kappa shape index (κ3) is 1.66. The molecule has 2 aromatic rings. The third-order valence-corrected chi connectivity index (χ3v) is 3.44. The standard InChI is InChI=1S/C10H15N7O/c11-16-9-13-7(6-4-12-17-8(6)14-9)15-10(5-18)2-1-3-10/h4,18H,1-3,5,11H2,(H3,12,13,14,15,16,17). The van der Waals surface area contributed by atoms with Gasteiger partial charge in [-0.3, -0.25) is 10.5 Å². The molecule has 18 heavy (non-hydrogen) atoms. The topological polar surface area (TPSA) is 125 Å². The zero-order valence-corrected chi connectivity index (χ0v) is 9.77. The van der Waals surface area contributed by atoms with Gasteiger partial charge in [-0.1, -0.05) is 0 Å². The molecule has 0 radical (unpaired) electrons. The van der Waals surface area contributed by atoms with Gasteiger partial charge in [0, 0.05) is 0 Å². The summed E-state index contributed by atoms with van der Waals surface area (Å²) in [5.74, 6) is 6.28. The zero-order chi connectivity index (χ0) is 12.6. The van der Waals surface area contributed by atoms with E-state index in [9.17, 15) is 5.11 Å². The van der Waals surface area contributed by atoms with Gasteiger partial charge in [0.25, 0.3) is 0 Å². The molecule has 3 rings (SSSR count). The van der Waals surface area contributed by atoms with E-state index in [1.54, 1.807) is 6.20 Å². The lowest BCUT2D eigenvalue weighted by atomic mass is 9.77. The molecule has 2 aromatic heterocycles. The summed E-state index contributed by atoms with van der Waals surface area (Å²) >= 11 is 0. The van der Waals surface area contributed by atoms with Gasteiger partial charge >= 0.3 is 0 Å². The Labute approximate surface area is 103 Å². The summed E-state index contributed by atoms with van der Waals surface area (Å²) < 4.78 is 0. The highest BCUT2D eigenvalue weighted by Gasteiger charge is 2.37. The van der Waals surface area contributed by atoms with E-state index in [0.717, 1.165) is 24.6 Å². The van der Waals surface area contributed by atoms with Crippen molar-refractivity contribution in [3.8, 4) is 0 Å². The van der Waals surface area contributed by atoms with Crippen LogP contribution in [0.4, 0.5) is 11.8 Å². The molecule has 0 bridgehead atoms. The number of nitrogen functional groups attached to an aromatic ring is 1. The number of nitrogens with one attached hydrogen (secondary N) is 3. The molecule has 0 amide bonds. The Morgan fingerprint density at radius 3 is 2.89 bits per heavy atom. The van der Waals surface area contributed by atoms with E-state index in [4.69, 9.17) is 5.84 Å². The number of aromatic nitrogens is 4. The summed E-state index contributed by atoms with van der Waals surface area (Å²) in [5, 5.41) is 20.3. The van der Waals surface area contributed by atoms with Gasteiger partial charge in [0.15, 0.2) is 5.65 Å². The minimum absolute atomic E-state index is 0.0851. The molecular weight excluding hydrogens is 234 g/mol. The third-order valence-electron chi connectivity index (χ3n) is 3.44. The molecule has 8 nitrogen and oxygen atoms in total. The van der Waals surface area contributed by atoms with E-state index in [-0.39, 0.29) is 12.1 Å². The highest BCUT2D eigenvalue weighted by Crippen LogP contribution is 2.35. The van der Waals surface area contributed by atoms with Gasteiger partial charge in [0.2, 0.25) is 5.95 Å². The number of nitrogens with two attached hydrogens (primary N) is 1. The van der Waals surface area contributed by atoms with Crippen molar-refractivity contribution in [3.05, 3.63) is 6.20 Å². The van der Waals surface area contributed by atoms with Crippen LogP contribution in [0.1, 0.15) is 19.3 Å². The summed E-state index contributed by atoms with van der Waals surface area (Å²) in [4.78, 5) is 8.42. The van der Waals surface area contributed by atoms with Gasteiger partial charge < -0.3 is 10.4 Å². The van der Waals surface area contributed by atoms with Crippen molar-refractivity contribution >= 4 is 22.8 Å². The van der Waals surface area contributed by atoms with Crippen LogP contribution >= 0.6 is 0 Å². The van der Waals surface area contributed by atoms with E-state index >= 15 is 0 Å². The normalized spacial score (nSPS) is 17.4. The molecule has 1 aliphatic carbocycles. The first-order chi connectivity index (χ1) is 8.76. The largest absolute Gasteiger partial charge is 0.394 e. The van der Waals surface area contributed by atoms with E-state index in [1.807, 2.05) is 0 Å². The summed E-state index contributed by atoms with van der Waals surface area (Å²) in [6, 6.07) is 0. The highest BCUT2D eigenvalue weighted by molar-refractivity contribution is 5.87. The number of rotatable bonds is 4. The Kier molecular flexibility index (Phi) is 2.53. The van der Waals surface area contributed by atoms with Crippen molar-refractivity contribution < 1.29 is 5.11 Å². The monoisotopic (exact) mass is 249 g/mol. The molecule has 0 atom stereocenters. The summed E-state index contributed by atoms with van der Waals surface area (Å²) in [6.07, 6.45) is 4.62. The average Bonchev–Trinajstić information content (AvgIpc) is 2.81. The molecule has 0 saturated heterocycles. The van der Waals surface area contributed by atoms with Gasteiger partial charge in [-0.2, -0.15) is 15.1 Å². The van der Waals surface area contributed by atoms with Crippen LogP contribution in [-0.2, 0) is 0 Å². The second kappa shape index (κ2) is 4.07. The van der Waals surface area contributed by atoms with Crippen molar-refractivity contribution in [3.63, 3.8) is 0 Å². The first kappa shape index (κ1) is 11.2. The lowest BCUT2D eigenvalue weighted by Crippen LogP contribution is -2.48. The van der Waals surface area contributed by atoms with Crippen LogP contribution in [0.25, 0.3) is 11.0 Å². The van der Waals surface area contributed by atoms with Crippen molar-refractivity contribution in [2.45, 2.75) is 24.8 Å². The number of anilines is 2. The van der Waals surface area contributed by atoms with Crippen LogP contribution < -0.4 is 16.6 Å². The summed E-state index contributed by atoms with van der Waals surface area (Å²) in [7, 11) is 0. The number of H-pyrrole nitrogens is 1. The number of hydrogen-bond acceptors (Lipinski definition) is 7. The first-order valence-electron chi connectivity index (χ1n) is 5.83. The Morgan fingerprint density at radius 2 is 2.28 bits per heavy atom.